The SMILES string of the molecule is CC(C)COc1ccc(NCC(=O)Nc2ccc(OCC3CCCO3)cc2)cc1. The summed E-state index contributed by atoms with van der Waals surface area (Å²) < 4.78 is 16.9. The summed E-state index contributed by atoms with van der Waals surface area (Å²) >= 11 is 0. The minimum atomic E-state index is -0.113. The van der Waals surface area contributed by atoms with Gasteiger partial charge < -0.3 is 24.8 Å². The van der Waals surface area contributed by atoms with Crippen LogP contribution in [0, 0.1) is 5.92 Å². The molecule has 3 rings (SSSR count). The third kappa shape index (κ3) is 7.31. The van der Waals surface area contributed by atoms with E-state index in [9.17, 15) is 4.79 Å². The van der Waals surface area contributed by atoms with Crippen LogP contribution in [0.2, 0.25) is 0 Å². The van der Waals surface area contributed by atoms with E-state index in [1.807, 2.05) is 48.5 Å². The van der Waals surface area contributed by atoms with E-state index in [0.717, 1.165) is 42.3 Å². The molecule has 2 N–H and O–H groups in total. The highest BCUT2D eigenvalue weighted by atomic mass is 16.5. The molecule has 0 aromatic heterocycles. The van der Waals surface area contributed by atoms with Crippen molar-refractivity contribution in [2.24, 2.45) is 5.92 Å². The number of amides is 1. The standard InChI is InChI=1S/C23H30N2O4/c1-17(2)15-28-20-9-5-18(6-10-20)24-14-23(26)25-19-7-11-21(12-8-19)29-16-22-4-3-13-27-22/h5-12,17,22,24H,3-4,13-16H2,1-2H3,(H,25,26). The number of nitrogens with one attached hydrogen (secondary N) is 2. The Balaban J connectivity index is 1.38. The fourth-order valence-corrected chi connectivity index (χ4v) is 2.92. The summed E-state index contributed by atoms with van der Waals surface area (Å²) in [6.45, 7) is 6.48. The van der Waals surface area contributed by atoms with E-state index in [1.54, 1.807) is 0 Å². The molecule has 2 aromatic carbocycles. The first-order valence-electron chi connectivity index (χ1n) is 10.2. The molecular formula is C23H30N2O4. The van der Waals surface area contributed by atoms with Crippen molar-refractivity contribution >= 4 is 17.3 Å². The van der Waals surface area contributed by atoms with Crippen LogP contribution in [-0.4, -0.2) is 38.4 Å². The molecule has 0 spiro atoms. The average molecular weight is 399 g/mol. The fraction of sp³-hybridized carbons (Fsp3) is 0.435. The van der Waals surface area contributed by atoms with E-state index >= 15 is 0 Å². The van der Waals surface area contributed by atoms with Crippen molar-refractivity contribution < 1.29 is 19.0 Å². The fourth-order valence-electron chi connectivity index (χ4n) is 2.92. The third-order valence-corrected chi connectivity index (χ3v) is 4.49. The van der Waals surface area contributed by atoms with Crippen molar-refractivity contribution in [1.29, 1.82) is 0 Å². The first kappa shape index (κ1) is 21.0. The molecular weight excluding hydrogens is 368 g/mol. The van der Waals surface area contributed by atoms with Gasteiger partial charge in [-0.25, -0.2) is 0 Å². The van der Waals surface area contributed by atoms with Crippen LogP contribution in [-0.2, 0) is 9.53 Å². The van der Waals surface area contributed by atoms with Crippen molar-refractivity contribution in [3.05, 3.63) is 48.5 Å². The molecule has 29 heavy (non-hydrogen) atoms. The van der Waals surface area contributed by atoms with Crippen LogP contribution >= 0.6 is 0 Å². The minimum absolute atomic E-state index is 0.113. The number of hydrogen-bond donors (Lipinski definition) is 2. The molecule has 156 valence electrons. The molecule has 1 saturated heterocycles. The van der Waals surface area contributed by atoms with E-state index in [4.69, 9.17) is 14.2 Å². The van der Waals surface area contributed by atoms with Crippen LogP contribution in [0.25, 0.3) is 0 Å². The van der Waals surface area contributed by atoms with Gasteiger partial charge in [0.2, 0.25) is 5.91 Å². The second kappa shape index (κ2) is 10.7. The van der Waals surface area contributed by atoms with Gasteiger partial charge in [-0.05, 0) is 67.3 Å². The summed E-state index contributed by atoms with van der Waals surface area (Å²) in [5.41, 5.74) is 1.61. The van der Waals surface area contributed by atoms with Gasteiger partial charge in [0.05, 0.1) is 19.3 Å². The molecule has 0 aliphatic carbocycles. The monoisotopic (exact) mass is 398 g/mol. The number of anilines is 2. The van der Waals surface area contributed by atoms with Crippen LogP contribution in [0.4, 0.5) is 11.4 Å². The van der Waals surface area contributed by atoms with E-state index < -0.39 is 0 Å². The predicted octanol–water partition coefficient (Wildman–Crippen LogP) is 4.33. The summed E-state index contributed by atoms with van der Waals surface area (Å²) in [5, 5.41) is 5.99. The number of carbonyl (C=O) groups excluding carboxylic acids is 1. The summed E-state index contributed by atoms with van der Waals surface area (Å²) in [7, 11) is 0. The van der Waals surface area contributed by atoms with Gasteiger partial charge in [0.1, 0.15) is 18.1 Å². The Bertz CT molecular complexity index is 753. The lowest BCUT2D eigenvalue weighted by Crippen LogP contribution is -2.21. The topological polar surface area (TPSA) is 68.8 Å². The highest BCUT2D eigenvalue weighted by Crippen LogP contribution is 2.19. The molecule has 1 unspecified atom stereocenters. The molecule has 1 aliphatic rings. The average Bonchev–Trinajstić information content (AvgIpc) is 3.25. The molecule has 1 amide bonds. The summed E-state index contributed by atoms with van der Waals surface area (Å²) in [4.78, 5) is 12.2. The second-order valence-electron chi connectivity index (χ2n) is 7.60. The van der Waals surface area contributed by atoms with E-state index in [-0.39, 0.29) is 18.6 Å². The van der Waals surface area contributed by atoms with E-state index in [2.05, 4.69) is 24.5 Å². The van der Waals surface area contributed by atoms with Crippen molar-refractivity contribution in [3.63, 3.8) is 0 Å². The zero-order chi connectivity index (χ0) is 20.5. The largest absolute Gasteiger partial charge is 0.493 e. The number of benzene rings is 2. The number of rotatable bonds is 10. The van der Waals surface area contributed by atoms with E-state index in [1.165, 1.54) is 0 Å². The van der Waals surface area contributed by atoms with Gasteiger partial charge in [-0.3, -0.25) is 4.79 Å². The molecule has 1 fully saturated rings. The third-order valence-electron chi connectivity index (χ3n) is 4.49. The van der Waals surface area contributed by atoms with Gasteiger partial charge in [0, 0.05) is 18.0 Å². The molecule has 0 saturated carbocycles. The molecule has 0 radical (unpaired) electrons. The van der Waals surface area contributed by atoms with Crippen LogP contribution in [0.3, 0.4) is 0 Å². The predicted molar refractivity (Wildman–Crippen MR) is 115 cm³/mol. The van der Waals surface area contributed by atoms with Crippen molar-refractivity contribution in [3.8, 4) is 11.5 Å². The smallest absolute Gasteiger partial charge is 0.243 e. The number of ether oxygens (including phenoxy) is 3. The first-order chi connectivity index (χ1) is 14.1. The number of hydrogen-bond acceptors (Lipinski definition) is 5. The summed E-state index contributed by atoms with van der Waals surface area (Å²) in [6.07, 6.45) is 2.34. The molecule has 2 aromatic rings. The van der Waals surface area contributed by atoms with Gasteiger partial charge in [-0.1, -0.05) is 13.8 Å². The molecule has 1 atom stereocenters. The second-order valence-corrected chi connectivity index (χ2v) is 7.60. The number of carbonyl (C=O) groups is 1. The van der Waals surface area contributed by atoms with Gasteiger partial charge in [-0.2, -0.15) is 0 Å². The van der Waals surface area contributed by atoms with E-state index in [0.29, 0.717) is 19.1 Å². The Labute approximate surface area is 172 Å². The van der Waals surface area contributed by atoms with Crippen molar-refractivity contribution in [2.75, 3.05) is 37.0 Å². The van der Waals surface area contributed by atoms with Crippen LogP contribution < -0.4 is 20.1 Å². The lowest BCUT2D eigenvalue weighted by molar-refractivity contribution is -0.114. The maximum atomic E-state index is 12.2. The normalized spacial score (nSPS) is 15.9. The van der Waals surface area contributed by atoms with Gasteiger partial charge in [0.25, 0.3) is 0 Å². The maximum Gasteiger partial charge on any atom is 0.243 e. The highest BCUT2D eigenvalue weighted by molar-refractivity contribution is 5.93. The van der Waals surface area contributed by atoms with Crippen LogP contribution in [0.1, 0.15) is 26.7 Å². The highest BCUT2D eigenvalue weighted by Gasteiger charge is 2.15. The lowest BCUT2D eigenvalue weighted by atomic mass is 10.2. The van der Waals surface area contributed by atoms with Crippen molar-refractivity contribution in [1.82, 2.24) is 0 Å². The Kier molecular flexibility index (Phi) is 7.76. The van der Waals surface area contributed by atoms with Gasteiger partial charge in [0.15, 0.2) is 0 Å². The van der Waals surface area contributed by atoms with Gasteiger partial charge in [-0.15, -0.1) is 0 Å². The minimum Gasteiger partial charge on any atom is -0.493 e. The zero-order valence-electron chi connectivity index (χ0n) is 17.1. The summed E-state index contributed by atoms with van der Waals surface area (Å²) in [6, 6.07) is 15.0. The van der Waals surface area contributed by atoms with Gasteiger partial charge >= 0.3 is 0 Å². The molecule has 1 heterocycles. The van der Waals surface area contributed by atoms with Crippen LogP contribution in [0.5, 0.6) is 11.5 Å². The zero-order valence-corrected chi connectivity index (χ0v) is 17.1. The van der Waals surface area contributed by atoms with Crippen LogP contribution in [0.15, 0.2) is 48.5 Å². The Morgan fingerprint density at radius 1 is 1.03 bits per heavy atom. The Hall–Kier alpha value is -2.73. The summed E-state index contributed by atoms with van der Waals surface area (Å²) in [5.74, 6) is 1.98. The van der Waals surface area contributed by atoms with Crippen molar-refractivity contribution in [2.45, 2.75) is 32.8 Å². The lowest BCUT2D eigenvalue weighted by Gasteiger charge is -2.12. The molecule has 6 heteroatoms. The Morgan fingerprint density at radius 2 is 1.69 bits per heavy atom. The molecule has 1 aliphatic heterocycles. The Morgan fingerprint density at radius 3 is 2.31 bits per heavy atom. The quantitative estimate of drug-likeness (QED) is 0.623. The molecule has 0 bridgehead atoms. The first-order valence-corrected chi connectivity index (χ1v) is 10.2. The maximum absolute atomic E-state index is 12.2. The molecule has 6 nitrogen and oxygen atoms in total.